The average Bonchev–Trinajstić information content (AvgIpc) is 2.62. The van der Waals surface area contributed by atoms with Crippen LogP contribution in [0.2, 0.25) is 0 Å². The van der Waals surface area contributed by atoms with Crippen LogP contribution >= 0.6 is 19.6 Å². The Kier molecular flexibility index (Phi) is 18.6. The Morgan fingerprint density at radius 2 is 1.31 bits per heavy atom. The number of rotatable bonds is 21. The van der Waals surface area contributed by atoms with Gasteiger partial charge in [-0.3, -0.25) is 9.32 Å². The van der Waals surface area contributed by atoms with Crippen molar-refractivity contribution in [1.82, 2.24) is 0 Å². The quantitative estimate of drug-likeness (QED) is 0.150. The zero-order valence-corrected chi connectivity index (χ0v) is 20.2. The number of phosphoric ester groups is 1. The lowest BCUT2D eigenvalue weighted by Crippen LogP contribution is -2.35. The molecular weight excluding hydrogens is 409 g/mol. The molecular formula is C21H44NO5PS. The molecule has 0 radical (unpaired) electrons. The first-order chi connectivity index (χ1) is 13.8. The van der Waals surface area contributed by atoms with Crippen LogP contribution in [0.15, 0.2) is 0 Å². The van der Waals surface area contributed by atoms with E-state index >= 15 is 0 Å². The van der Waals surface area contributed by atoms with E-state index in [1.165, 1.54) is 90.4 Å². The molecule has 1 amide bonds. The molecule has 0 spiro atoms. The van der Waals surface area contributed by atoms with Crippen molar-refractivity contribution in [3.63, 3.8) is 0 Å². The number of unbranched alkanes of at least 4 members (excludes halogenated alkanes) is 13. The first-order valence-electron chi connectivity index (χ1n) is 11.4. The topological polar surface area (TPSA) is 110 Å². The molecule has 0 aromatic heterocycles. The Balaban J connectivity index is 3.51. The zero-order chi connectivity index (χ0) is 22.0. The molecule has 0 saturated heterocycles. The van der Waals surface area contributed by atoms with Gasteiger partial charge < -0.3 is 15.5 Å². The molecule has 2 atom stereocenters. The number of amides is 1. The van der Waals surface area contributed by atoms with Crippen LogP contribution in [0.5, 0.6) is 0 Å². The van der Waals surface area contributed by atoms with Crippen molar-refractivity contribution in [3.8, 4) is 0 Å². The Morgan fingerprint density at radius 1 is 0.897 bits per heavy atom. The molecule has 0 fully saturated rings. The van der Waals surface area contributed by atoms with Crippen LogP contribution in [0.4, 0.5) is 0 Å². The Hall–Kier alpha value is -0.0700. The van der Waals surface area contributed by atoms with E-state index in [2.05, 4.69) is 11.4 Å². The van der Waals surface area contributed by atoms with Crippen LogP contribution in [0.1, 0.15) is 104 Å². The maximum Gasteiger partial charge on any atom is 0.469 e. The molecule has 4 N–H and O–H groups in total. The van der Waals surface area contributed by atoms with Gasteiger partial charge in [-0.15, -0.1) is 0 Å². The number of nitrogens with two attached hydrogens (primary N) is 1. The number of carbonyl (C=O) groups is 1. The molecule has 0 rings (SSSR count). The van der Waals surface area contributed by atoms with Crippen molar-refractivity contribution in [3.05, 3.63) is 0 Å². The molecule has 0 aliphatic carbocycles. The van der Waals surface area contributed by atoms with Crippen LogP contribution in [0.25, 0.3) is 0 Å². The van der Waals surface area contributed by atoms with Gasteiger partial charge in [0.05, 0.1) is 12.0 Å². The molecule has 0 aliphatic heterocycles. The molecule has 0 saturated carbocycles. The van der Waals surface area contributed by atoms with Crippen molar-refractivity contribution < 1.29 is 23.7 Å². The highest BCUT2D eigenvalue weighted by Gasteiger charge is 2.29. The maximum atomic E-state index is 11.5. The molecule has 0 aromatic carbocycles. The van der Waals surface area contributed by atoms with Gasteiger partial charge in [-0.2, -0.15) is 11.8 Å². The normalized spacial score (nSPS) is 14.1. The van der Waals surface area contributed by atoms with Crippen molar-refractivity contribution in [2.24, 2.45) is 11.7 Å². The van der Waals surface area contributed by atoms with Gasteiger partial charge >= 0.3 is 7.82 Å². The summed E-state index contributed by atoms with van der Waals surface area (Å²) in [5.41, 5.74) is 5.34. The van der Waals surface area contributed by atoms with Gasteiger partial charge in [0, 0.05) is 5.75 Å². The standard InChI is InChI=1S/C21H44NO5PS/c1-3-4-5-6-7-8-9-10-11-12-13-14-15-16-17-29-18-20(21(22)23)19(2)27-28(24,25)26/h19-20H,3-18H2,1-2H3,(H2,22,23)(H2,24,25,26). The predicted molar refractivity (Wildman–Crippen MR) is 123 cm³/mol. The van der Waals surface area contributed by atoms with E-state index in [0.717, 1.165) is 12.2 Å². The van der Waals surface area contributed by atoms with E-state index in [4.69, 9.17) is 15.5 Å². The second-order valence-corrected chi connectivity index (χ2v) is 10.3. The SMILES string of the molecule is CCCCCCCCCCCCCCCCSCC(C(N)=O)C(C)OP(=O)(O)O. The van der Waals surface area contributed by atoms with E-state index in [9.17, 15) is 9.36 Å². The van der Waals surface area contributed by atoms with Gasteiger partial charge in [-0.05, 0) is 19.1 Å². The van der Waals surface area contributed by atoms with Gasteiger partial charge in [-0.1, -0.05) is 90.4 Å². The van der Waals surface area contributed by atoms with Gasteiger partial charge in [0.2, 0.25) is 5.91 Å². The van der Waals surface area contributed by atoms with Gasteiger partial charge in [-0.25, -0.2) is 4.57 Å². The number of phosphoric acid groups is 1. The largest absolute Gasteiger partial charge is 0.469 e. The third-order valence-corrected chi connectivity index (χ3v) is 6.95. The summed E-state index contributed by atoms with van der Waals surface area (Å²) in [4.78, 5) is 29.2. The lowest BCUT2D eigenvalue weighted by Gasteiger charge is -2.21. The van der Waals surface area contributed by atoms with Crippen LogP contribution in [0, 0.1) is 5.92 Å². The molecule has 2 unspecified atom stereocenters. The molecule has 29 heavy (non-hydrogen) atoms. The van der Waals surface area contributed by atoms with Crippen molar-refractivity contribution in [1.29, 1.82) is 0 Å². The fourth-order valence-corrected chi connectivity index (χ4v) is 5.19. The summed E-state index contributed by atoms with van der Waals surface area (Å²) >= 11 is 1.59. The number of hydrogen-bond donors (Lipinski definition) is 3. The lowest BCUT2D eigenvalue weighted by atomic mass is 10.0. The predicted octanol–water partition coefficient (Wildman–Crippen LogP) is 5.80. The highest BCUT2D eigenvalue weighted by molar-refractivity contribution is 7.99. The summed E-state index contributed by atoms with van der Waals surface area (Å²) in [5, 5.41) is 0. The number of hydrogen-bond acceptors (Lipinski definition) is 4. The fraction of sp³-hybridized carbons (Fsp3) is 0.952. The molecule has 0 bridgehead atoms. The highest BCUT2D eigenvalue weighted by Crippen LogP contribution is 2.39. The second-order valence-electron chi connectivity index (χ2n) is 7.98. The lowest BCUT2D eigenvalue weighted by molar-refractivity contribution is -0.123. The van der Waals surface area contributed by atoms with Crippen molar-refractivity contribution in [2.45, 2.75) is 110 Å². The summed E-state index contributed by atoms with van der Waals surface area (Å²) < 4.78 is 15.5. The van der Waals surface area contributed by atoms with Gasteiger partial charge in [0.15, 0.2) is 0 Å². The summed E-state index contributed by atoms with van der Waals surface area (Å²) in [6.07, 6.45) is 17.6. The van der Waals surface area contributed by atoms with Gasteiger partial charge in [0.1, 0.15) is 0 Å². The van der Waals surface area contributed by atoms with E-state index in [1.807, 2.05) is 0 Å². The van der Waals surface area contributed by atoms with Gasteiger partial charge in [0.25, 0.3) is 0 Å². The minimum absolute atomic E-state index is 0.426. The number of primary amides is 1. The van der Waals surface area contributed by atoms with E-state index in [0.29, 0.717) is 5.75 Å². The summed E-state index contributed by atoms with van der Waals surface area (Å²) in [6, 6.07) is 0. The Bertz CT molecular complexity index is 447. The van der Waals surface area contributed by atoms with Crippen molar-refractivity contribution in [2.75, 3.05) is 11.5 Å². The Labute approximate surface area is 182 Å². The summed E-state index contributed by atoms with van der Waals surface area (Å²) in [7, 11) is -4.61. The fourth-order valence-electron chi connectivity index (χ4n) is 3.35. The monoisotopic (exact) mass is 453 g/mol. The van der Waals surface area contributed by atoms with Crippen LogP contribution in [0.3, 0.4) is 0 Å². The molecule has 0 aromatic rings. The summed E-state index contributed by atoms with van der Waals surface area (Å²) in [5.74, 6) is 0.0676. The molecule has 8 heteroatoms. The van der Waals surface area contributed by atoms with E-state index in [-0.39, 0.29) is 0 Å². The Morgan fingerprint density at radius 3 is 1.69 bits per heavy atom. The van der Waals surface area contributed by atoms with Crippen molar-refractivity contribution >= 4 is 25.5 Å². The maximum absolute atomic E-state index is 11.5. The van der Waals surface area contributed by atoms with E-state index in [1.54, 1.807) is 11.8 Å². The van der Waals surface area contributed by atoms with E-state index < -0.39 is 25.8 Å². The minimum atomic E-state index is -4.61. The average molecular weight is 454 g/mol. The zero-order valence-electron chi connectivity index (χ0n) is 18.5. The molecule has 6 nitrogen and oxygen atoms in total. The van der Waals surface area contributed by atoms with Crippen LogP contribution in [-0.2, 0) is 13.9 Å². The number of thioether (sulfide) groups is 1. The highest BCUT2D eigenvalue weighted by atomic mass is 32.2. The van der Waals surface area contributed by atoms with Crippen LogP contribution < -0.4 is 5.73 Å². The molecule has 0 heterocycles. The third-order valence-electron chi connectivity index (χ3n) is 5.18. The van der Waals surface area contributed by atoms with Crippen LogP contribution in [-0.4, -0.2) is 33.3 Å². The molecule has 174 valence electrons. The molecule has 0 aliphatic rings. The first-order valence-corrected chi connectivity index (χ1v) is 14.1. The third kappa shape index (κ3) is 19.6. The first kappa shape index (κ1) is 28.9. The second kappa shape index (κ2) is 18.7. The minimum Gasteiger partial charge on any atom is -0.369 e. The smallest absolute Gasteiger partial charge is 0.369 e. The number of carbonyl (C=O) groups excluding carboxylic acids is 1. The summed E-state index contributed by atoms with van der Waals surface area (Å²) in [6.45, 7) is 3.73.